The van der Waals surface area contributed by atoms with Crippen LogP contribution in [0.15, 0.2) is 0 Å². The molecule has 12 heavy (non-hydrogen) atoms. The van der Waals surface area contributed by atoms with Crippen molar-refractivity contribution in [3.8, 4) is 0 Å². The van der Waals surface area contributed by atoms with Crippen molar-refractivity contribution in [2.24, 2.45) is 11.7 Å². The molecule has 1 rings (SSSR count). The smallest absolute Gasteiger partial charge is 0.0552 e. The van der Waals surface area contributed by atoms with Gasteiger partial charge >= 0.3 is 0 Å². The molecule has 3 N–H and O–H groups in total. The van der Waals surface area contributed by atoms with Crippen LogP contribution in [0.1, 0.15) is 44.9 Å². The first-order valence-electron chi connectivity index (χ1n) is 5.21. The summed E-state index contributed by atoms with van der Waals surface area (Å²) in [5.74, 6) is 0.900. The van der Waals surface area contributed by atoms with Gasteiger partial charge in [0.05, 0.1) is 6.10 Å². The van der Waals surface area contributed by atoms with Crippen molar-refractivity contribution < 1.29 is 5.11 Å². The molecule has 2 heteroatoms. The van der Waals surface area contributed by atoms with Gasteiger partial charge in [-0.25, -0.2) is 0 Å². The summed E-state index contributed by atoms with van der Waals surface area (Å²) in [5.41, 5.74) is 5.35. The second kappa shape index (κ2) is 5.55. The molecule has 0 spiro atoms. The maximum atomic E-state index is 9.43. The van der Waals surface area contributed by atoms with E-state index in [2.05, 4.69) is 0 Å². The van der Waals surface area contributed by atoms with Gasteiger partial charge in [0, 0.05) is 0 Å². The van der Waals surface area contributed by atoms with E-state index in [4.69, 9.17) is 5.73 Å². The first-order chi connectivity index (χ1) is 5.83. The van der Waals surface area contributed by atoms with Gasteiger partial charge in [0.1, 0.15) is 0 Å². The lowest BCUT2D eigenvalue weighted by atomic mass is 9.98. The van der Waals surface area contributed by atoms with Gasteiger partial charge in [-0.05, 0) is 31.7 Å². The number of aliphatic hydroxyl groups is 1. The Bertz CT molecular complexity index is 110. The number of rotatable bonds is 5. The van der Waals surface area contributed by atoms with E-state index in [1.54, 1.807) is 0 Å². The fourth-order valence-corrected chi connectivity index (χ4v) is 2.06. The average molecular weight is 171 g/mol. The van der Waals surface area contributed by atoms with Crippen molar-refractivity contribution in [2.45, 2.75) is 51.0 Å². The highest BCUT2D eigenvalue weighted by atomic mass is 16.3. The number of hydrogen-bond donors (Lipinski definition) is 2. The molecule has 0 heterocycles. The van der Waals surface area contributed by atoms with Gasteiger partial charge in [-0.15, -0.1) is 0 Å². The quantitative estimate of drug-likeness (QED) is 0.661. The second-order valence-electron chi connectivity index (χ2n) is 3.96. The minimum atomic E-state index is -0.143. The van der Waals surface area contributed by atoms with Crippen LogP contribution in [-0.4, -0.2) is 17.8 Å². The van der Waals surface area contributed by atoms with Crippen molar-refractivity contribution in [3.63, 3.8) is 0 Å². The Morgan fingerprint density at radius 2 is 1.92 bits per heavy atom. The van der Waals surface area contributed by atoms with Gasteiger partial charge in [0.15, 0.2) is 0 Å². The maximum absolute atomic E-state index is 9.43. The van der Waals surface area contributed by atoms with E-state index >= 15 is 0 Å². The second-order valence-corrected chi connectivity index (χ2v) is 3.96. The normalized spacial score (nSPS) is 21.5. The Labute approximate surface area is 75.2 Å². The zero-order valence-electron chi connectivity index (χ0n) is 7.84. The number of nitrogens with two attached hydrogens (primary N) is 1. The van der Waals surface area contributed by atoms with Crippen molar-refractivity contribution in [2.75, 3.05) is 6.54 Å². The summed E-state index contributed by atoms with van der Waals surface area (Å²) in [6, 6.07) is 0. The van der Waals surface area contributed by atoms with E-state index in [9.17, 15) is 5.11 Å². The summed E-state index contributed by atoms with van der Waals surface area (Å²) in [4.78, 5) is 0. The highest BCUT2D eigenvalue weighted by Gasteiger charge is 2.15. The van der Waals surface area contributed by atoms with E-state index in [1.807, 2.05) is 0 Å². The standard InChI is InChI=1S/C10H21NO/c11-8-7-10(12)6-5-9-3-1-2-4-9/h9-10,12H,1-8,11H2/t10-/m0/s1. The van der Waals surface area contributed by atoms with E-state index in [1.165, 1.54) is 32.1 Å². The molecular weight excluding hydrogens is 150 g/mol. The Hall–Kier alpha value is -0.0800. The highest BCUT2D eigenvalue weighted by Crippen LogP contribution is 2.29. The van der Waals surface area contributed by atoms with Crippen molar-refractivity contribution in [1.29, 1.82) is 0 Å². The molecule has 0 unspecified atom stereocenters. The largest absolute Gasteiger partial charge is 0.393 e. The number of aliphatic hydroxyl groups excluding tert-OH is 1. The van der Waals surface area contributed by atoms with Crippen LogP contribution < -0.4 is 5.73 Å². The van der Waals surface area contributed by atoms with Gasteiger partial charge < -0.3 is 10.8 Å². The van der Waals surface area contributed by atoms with Gasteiger partial charge in [0.25, 0.3) is 0 Å². The lowest BCUT2D eigenvalue weighted by Crippen LogP contribution is -2.14. The summed E-state index contributed by atoms with van der Waals surface area (Å²) >= 11 is 0. The van der Waals surface area contributed by atoms with Crippen LogP contribution in [0.2, 0.25) is 0 Å². The van der Waals surface area contributed by atoms with Crippen molar-refractivity contribution in [1.82, 2.24) is 0 Å². The molecule has 0 radical (unpaired) electrons. The summed E-state index contributed by atoms with van der Waals surface area (Å²) in [7, 11) is 0. The van der Waals surface area contributed by atoms with Gasteiger partial charge in [0.2, 0.25) is 0 Å². The predicted molar refractivity (Wildman–Crippen MR) is 50.9 cm³/mol. The Morgan fingerprint density at radius 3 is 2.50 bits per heavy atom. The SMILES string of the molecule is NCC[C@@H](O)CCC1CCCC1. The zero-order valence-corrected chi connectivity index (χ0v) is 7.84. The molecular formula is C10H21NO. The third-order valence-corrected chi connectivity index (χ3v) is 2.88. The average Bonchev–Trinajstić information content (AvgIpc) is 2.53. The molecule has 0 aromatic carbocycles. The molecule has 2 nitrogen and oxygen atoms in total. The zero-order chi connectivity index (χ0) is 8.81. The molecule has 1 aliphatic rings. The molecule has 0 amide bonds. The molecule has 0 aliphatic heterocycles. The van der Waals surface area contributed by atoms with Crippen LogP contribution in [0.25, 0.3) is 0 Å². The third-order valence-electron chi connectivity index (χ3n) is 2.88. The lowest BCUT2D eigenvalue weighted by Gasteiger charge is -2.12. The number of hydrogen-bond acceptors (Lipinski definition) is 2. The van der Waals surface area contributed by atoms with Crippen LogP contribution in [0, 0.1) is 5.92 Å². The Morgan fingerprint density at radius 1 is 1.25 bits per heavy atom. The molecule has 0 bridgehead atoms. The summed E-state index contributed by atoms with van der Waals surface area (Å²) in [5, 5.41) is 9.43. The van der Waals surface area contributed by atoms with E-state index < -0.39 is 0 Å². The van der Waals surface area contributed by atoms with Gasteiger partial charge in [-0.1, -0.05) is 25.7 Å². The topological polar surface area (TPSA) is 46.2 Å². The van der Waals surface area contributed by atoms with E-state index in [-0.39, 0.29) is 6.10 Å². The summed E-state index contributed by atoms with van der Waals surface area (Å²) in [6.07, 6.45) is 8.37. The monoisotopic (exact) mass is 171 g/mol. The van der Waals surface area contributed by atoms with E-state index in [0.29, 0.717) is 6.54 Å². The molecule has 1 atom stereocenters. The molecule has 72 valence electrons. The van der Waals surface area contributed by atoms with Crippen LogP contribution >= 0.6 is 0 Å². The molecule has 0 saturated heterocycles. The maximum Gasteiger partial charge on any atom is 0.0552 e. The van der Waals surface area contributed by atoms with Gasteiger partial charge in [-0.2, -0.15) is 0 Å². The van der Waals surface area contributed by atoms with Crippen LogP contribution in [-0.2, 0) is 0 Å². The van der Waals surface area contributed by atoms with Crippen molar-refractivity contribution in [3.05, 3.63) is 0 Å². The van der Waals surface area contributed by atoms with Gasteiger partial charge in [-0.3, -0.25) is 0 Å². The first-order valence-corrected chi connectivity index (χ1v) is 5.21. The molecule has 0 aromatic rings. The minimum Gasteiger partial charge on any atom is -0.393 e. The lowest BCUT2D eigenvalue weighted by molar-refractivity contribution is 0.147. The third kappa shape index (κ3) is 3.55. The summed E-state index contributed by atoms with van der Waals surface area (Å²) in [6.45, 7) is 0.617. The Balaban J connectivity index is 1.99. The van der Waals surface area contributed by atoms with Crippen LogP contribution in [0.3, 0.4) is 0 Å². The van der Waals surface area contributed by atoms with Crippen molar-refractivity contribution >= 4 is 0 Å². The molecule has 1 fully saturated rings. The molecule has 0 aromatic heterocycles. The summed E-state index contributed by atoms with van der Waals surface area (Å²) < 4.78 is 0. The Kier molecular flexibility index (Phi) is 4.62. The fourth-order valence-electron chi connectivity index (χ4n) is 2.06. The van der Waals surface area contributed by atoms with Crippen LogP contribution in [0.5, 0.6) is 0 Å². The highest BCUT2D eigenvalue weighted by molar-refractivity contribution is 4.69. The molecule has 1 saturated carbocycles. The minimum absolute atomic E-state index is 0.143. The van der Waals surface area contributed by atoms with E-state index in [0.717, 1.165) is 18.8 Å². The fraction of sp³-hybridized carbons (Fsp3) is 1.00. The van der Waals surface area contributed by atoms with Crippen LogP contribution in [0.4, 0.5) is 0 Å². The first kappa shape index (κ1) is 10.0. The predicted octanol–water partition coefficient (Wildman–Crippen LogP) is 1.67. The molecule has 1 aliphatic carbocycles.